The summed E-state index contributed by atoms with van der Waals surface area (Å²) in [4.78, 5) is 11.7. The molecule has 1 aliphatic rings. The first-order chi connectivity index (χ1) is 7.46. The average molecular weight is 220 g/mol. The molecule has 1 amide bonds. The van der Waals surface area contributed by atoms with E-state index in [2.05, 4.69) is 5.32 Å². The molecule has 1 unspecified atom stereocenters. The van der Waals surface area contributed by atoms with Crippen molar-refractivity contribution in [2.24, 2.45) is 5.73 Å². The fraction of sp³-hybridized carbons (Fsp3) is 0.417. The Morgan fingerprint density at radius 2 is 2.19 bits per heavy atom. The summed E-state index contributed by atoms with van der Waals surface area (Å²) in [5.41, 5.74) is 7.37. The lowest BCUT2D eigenvalue weighted by Crippen LogP contribution is -2.27. The Bertz CT molecular complexity index is 441. The molecule has 1 aromatic carbocycles. The van der Waals surface area contributed by atoms with Gasteiger partial charge in [0.2, 0.25) is 5.91 Å². The Kier molecular flexibility index (Phi) is 2.48. The molecular weight excluding hydrogens is 204 g/mol. The van der Waals surface area contributed by atoms with Gasteiger partial charge in [0.05, 0.1) is 11.5 Å². The van der Waals surface area contributed by atoms with Crippen molar-refractivity contribution in [3.63, 3.8) is 0 Å². The molecular formula is C12H16N2O2. The van der Waals surface area contributed by atoms with E-state index < -0.39 is 11.5 Å². The van der Waals surface area contributed by atoms with E-state index in [-0.39, 0.29) is 12.5 Å². The molecule has 0 saturated heterocycles. The zero-order chi connectivity index (χ0) is 11.9. The number of aliphatic hydroxyl groups is 1. The summed E-state index contributed by atoms with van der Waals surface area (Å²) in [6, 6.07) is 5.46. The smallest absolute Gasteiger partial charge is 0.234 e. The van der Waals surface area contributed by atoms with Gasteiger partial charge >= 0.3 is 0 Å². The highest BCUT2D eigenvalue weighted by atomic mass is 16.3. The zero-order valence-electron chi connectivity index (χ0n) is 9.45. The lowest BCUT2D eigenvalue weighted by Gasteiger charge is -2.17. The second-order valence-electron chi connectivity index (χ2n) is 4.64. The van der Waals surface area contributed by atoms with Crippen molar-refractivity contribution in [2.75, 3.05) is 11.9 Å². The van der Waals surface area contributed by atoms with Crippen LogP contribution in [0.3, 0.4) is 0 Å². The Labute approximate surface area is 94.5 Å². The van der Waals surface area contributed by atoms with Crippen LogP contribution >= 0.6 is 0 Å². The first-order valence-electron chi connectivity index (χ1n) is 5.31. The average Bonchev–Trinajstić information content (AvgIpc) is 2.49. The lowest BCUT2D eigenvalue weighted by atomic mass is 9.85. The number of fused-ring (bicyclic) bond motifs is 1. The van der Waals surface area contributed by atoms with Crippen molar-refractivity contribution in [2.45, 2.75) is 25.4 Å². The minimum Gasteiger partial charge on any atom is -0.387 e. The third-order valence-corrected chi connectivity index (χ3v) is 3.14. The second kappa shape index (κ2) is 3.57. The number of anilines is 1. The number of carbonyl (C=O) groups excluding carboxylic acids is 1. The van der Waals surface area contributed by atoms with E-state index in [1.54, 1.807) is 6.07 Å². The van der Waals surface area contributed by atoms with Crippen molar-refractivity contribution < 1.29 is 9.90 Å². The number of nitrogens with one attached hydrogen (secondary N) is 1. The number of rotatable bonds is 2. The van der Waals surface area contributed by atoms with Gasteiger partial charge in [-0.15, -0.1) is 0 Å². The minimum atomic E-state index is -0.670. The molecule has 1 aromatic rings. The summed E-state index contributed by atoms with van der Waals surface area (Å²) in [6.07, 6.45) is -0.670. The zero-order valence-corrected chi connectivity index (χ0v) is 9.45. The second-order valence-corrected chi connectivity index (χ2v) is 4.64. The molecule has 0 fully saturated rings. The van der Waals surface area contributed by atoms with E-state index in [0.29, 0.717) is 0 Å². The van der Waals surface area contributed by atoms with Gasteiger partial charge in [0.15, 0.2) is 0 Å². The summed E-state index contributed by atoms with van der Waals surface area (Å²) in [5.74, 6) is -0.0121. The van der Waals surface area contributed by atoms with Crippen molar-refractivity contribution in [1.29, 1.82) is 0 Å². The van der Waals surface area contributed by atoms with E-state index in [9.17, 15) is 9.90 Å². The van der Waals surface area contributed by atoms with Crippen molar-refractivity contribution >= 4 is 11.6 Å². The molecule has 2 rings (SSSR count). The molecule has 4 nitrogen and oxygen atoms in total. The quantitative estimate of drug-likeness (QED) is 0.693. The maximum atomic E-state index is 11.7. The molecule has 4 heteroatoms. The maximum Gasteiger partial charge on any atom is 0.234 e. The Morgan fingerprint density at radius 1 is 1.50 bits per heavy atom. The third kappa shape index (κ3) is 1.50. The van der Waals surface area contributed by atoms with Gasteiger partial charge in [-0.1, -0.05) is 12.1 Å². The summed E-state index contributed by atoms with van der Waals surface area (Å²) < 4.78 is 0. The van der Waals surface area contributed by atoms with Gasteiger partial charge in [-0.2, -0.15) is 0 Å². The van der Waals surface area contributed by atoms with Crippen LogP contribution in [-0.2, 0) is 10.2 Å². The van der Waals surface area contributed by atoms with E-state index in [1.165, 1.54) is 0 Å². The Balaban J connectivity index is 2.48. The van der Waals surface area contributed by atoms with Crippen LogP contribution in [-0.4, -0.2) is 17.6 Å². The molecule has 0 radical (unpaired) electrons. The van der Waals surface area contributed by atoms with Gasteiger partial charge < -0.3 is 16.2 Å². The standard InChI is InChI=1S/C12H16N2O2/c1-12(2)8-5-7(10(15)6-13)3-4-9(8)14-11(12)16/h3-5,10,15H,6,13H2,1-2H3,(H,14,16). The predicted molar refractivity (Wildman–Crippen MR) is 62.1 cm³/mol. The van der Waals surface area contributed by atoms with Crippen LogP contribution < -0.4 is 11.1 Å². The van der Waals surface area contributed by atoms with Gasteiger partial charge in [-0.3, -0.25) is 4.79 Å². The monoisotopic (exact) mass is 220 g/mol. The van der Waals surface area contributed by atoms with Crippen LogP contribution in [0.4, 0.5) is 5.69 Å². The van der Waals surface area contributed by atoms with E-state index in [0.717, 1.165) is 16.8 Å². The van der Waals surface area contributed by atoms with Crippen LogP contribution in [0.25, 0.3) is 0 Å². The number of nitrogens with two attached hydrogens (primary N) is 1. The third-order valence-electron chi connectivity index (χ3n) is 3.14. The van der Waals surface area contributed by atoms with Gasteiger partial charge in [0.1, 0.15) is 0 Å². The number of hydrogen-bond acceptors (Lipinski definition) is 3. The van der Waals surface area contributed by atoms with Crippen LogP contribution in [0.5, 0.6) is 0 Å². The fourth-order valence-electron chi connectivity index (χ4n) is 1.93. The highest BCUT2D eigenvalue weighted by Crippen LogP contribution is 2.38. The largest absolute Gasteiger partial charge is 0.387 e. The van der Waals surface area contributed by atoms with Gasteiger partial charge in [0, 0.05) is 12.2 Å². The number of hydrogen-bond donors (Lipinski definition) is 3. The lowest BCUT2D eigenvalue weighted by molar-refractivity contribution is -0.119. The maximum absolute atomic E-state index is 11.7. The topological polar surface area (TPSA) is 75.3 Å². The Hall–Kier alpha value is -1.39. The molecule has 1 atom stereocenters. The number of carbonyl (C=O) groups is 1. The fourth-order valence-corrected chi connectivity index (χ4v) is 1.93. The predicted octanol–water partition coefficient (Wildman–Crippen LogP) is 0.908. The first kappa shape index (κ1) is 11.1. The number of aliphatic hydroxyl groups excluding tert-OH is 1. The summed E-state index contributed by atoms with van der Waals surface area (Å²) in [6.45, 7) is 3.92. The molecule has 0 aliphatic carbocycles. The first-order valence-corrected chi connectivity index (χ1v) is 5.31. The molecule has 4 N–H and O–H groups in total. The molecule has 86 valence electrons. The highest BCUT2D eigenvalue weighted by molar-refractivity contribution is 6.05. The SMILES string of the molecule is CC1(C)C(=O)Nc2ccc(C(O)CN)cc21. The summed E-state index contributed by atoms with van der Waals surface area (Å²) >= 11 is 0. The molecule has 16 heavy (non-hydrogen) atoms. The molecule has 1 heterocycles. The van der Waals surface area contributed by atoms with E-state index >= 15 is 0 Å². The molecule has 1 aliphatic heterocycles. The van der Waals surface area contributed by atoms with Crippen LogP contribution in [0.1, 0.15) is 31.1 Å². The molecule has 0 aromatic heterocycles. The van der Waals surface area contributed by atoms with E-state index in [4.69, 9.17) is 5.73 Å². The van der Waals surface area contributed by atoms with Crippen molar-refractivity contribution in [3.8, 4) is 0 Å². The van der Waals surface area contributed by atoms with Crippen LogP contribution in [0.2, 0.25) is 0 Å². The van der Waals surface area contributed by atoms with Crippen molar-refractivity contribution in [1.82, 2.24) is 0 Å². The normalized spacial score (nSPS) is 19.1. The Morgan fingerprint density at radius 3 is 2.81 bits per heavy atom. The number of amides is 1. The van der Waals surface area contributed by atoms with Crippen molar-refractivity contribution in [3.05, 3.63) is 29.3 Å². The highest BCUT2D eigenvalue weighted by Gasteiger charge is 2.38. The molecule has 0 spiro atoms. The number of benzene rings is 1. The van der Waals surface area contributed by atoms with E-state index in [1.807, 2.05) is 26.0 Å². The molecule has 0 bridgehead atoms. The van der Waals surface area contributed by atoms with Gasteiger partial charge in [0.25, 0.3) is 0 Å². The minimum absolute atomic E-state index is 0.0121. The summed E-state index contributed by atoms with van der Waals surface area (Å²) in [7, 11) is 0. The van der Waals surface area contributed by atoms with Gasteiger partial charge in [-0.05, 0) is 31.0 Å². The van der Waals surface area contributed by atoms with Crippen LogP contribution in [0, 0.1) is 0 Å². The molecule has 0 saturated carbocycles. The summed E-state index contributed by atoms with van der Waals surface area (Å²) in [5, 5.41) is 12.5. The van der Waals surface area contributed by atoms with Gasteiger partial charge in [-0.25, -0.2) is 0 Å². The van der Waals surface area contributed by atoms with Crippen LogP contribution in [0.15, 0.2) is 18.2 Å².